The molecular weight excluding hydrogens is 184 g/mol. The number of nitrogens with one attached hydrogen (secondary N) is 1. The smallest absolute Gasteiger partial charge is 0.0235 e. The maximum atomic E-state index is 5.85. The van der Waals surface area contributed by atoms with Crippen molar-refractivity contribution in [2.24, 2.45) is 23.0 Å². The molecule has 0 amide bonds. The summed E-state index contributed by atoms with van der Waals surface area (Å²) in [7, 11) is 0. The summed E-state index contributed by atoms with van der Waals surface area (Å²) in [5.41, 5.74) is 6.60. The van der Waals surface area contributed by atoms with Crippen molar-refractivity contribution in [3.05, 3.63) is 0 Å². The van der Waals surface area contributed by atoms with E-state index in [-0.39, 0.29) is 6.04 Å². The second kappa shape index (κ2) is 3.46. The van der Waals surface area contributed by atoms with Gasteiger partial charge in [0.2, 0.25) is 0 Å². The summed E-state index contributed by atoms with van der Waals surface area (Å²) in [5, 5.41) is 3.75. The predicted molar refractivity (Wildman–Crippen MR) is 64.7 cm³/mol. The van der Waals surface area contributed by atoms with Crippen LogP contribution in [0.3, 0.4) is 0 Å². The molecule has 3 N–H and O–H groups in total. The van der Waals surface area contributed by atoms with Crippen LogP contribution in [0.1, 0.15) is 47.0 Å². The van der Waals surface area contributed by atoms with Gasteiger partial charge in [0.1, 0.15) is 0 Å². The van der Waals surface area contributed by atoms with E-state index < -0.39 is 0 Å². The van der Waals surface area contributed by atoms with E-state index in [0.29, 0.717) is 11.0 Å². The van der Waals surface area contributed by atoms with Gasteiger partial charge in [-0.05, 0) is 50.4 Å². The highest BCUT2D eigenvalue weighted by atomic mass is 15.0. The Bertz CT molecular complexity index is 247. The first kappa shape index (κ1) is 11.4. The normalized spacial score (nSPS) is 44.6. The van der Waals surface area contributed by atoms with E-state index >= 15 is 0 Å². The Balaban J connectivity index is 2.12. The van der Waals surface area contributed by atoms with E-state index in [1.54, 1.807) is 0 Å². The van der Waals surface area contributed by atoms with E-state index in [9.17, 15) is 0 Å². The molecular formula is C13H26N2. The lowest BCUT2D eigenvalue weighted by atomic mass is 9.64. The van der Waals surface area contributed by atoms with Crippen molar-refractivity contribution in [2.75, 3.05) is 6.54 Å². The molecule has 2 aliphatic carbocycles. The summed E-state index contributed by atoms with van der Waals surface area (Å²) in [4.78, 5) is 0. The van der Waals surface area contributed by atoms with Crippen molar-refractivity contribution in [1.29, 1.82) is 0 Å². The van der Waals surface area contributed by atoms with Gasteiger partial charge < -0.3 is 11.1 Å². The van der Waals surface area contributed by atoms with E-state index in [1.807, 2.05) is 0 Å². The number of nitrogens with two attached hydrogens (primary N) is 1. The maximum Gasteiger partial charge on any atom is 0.0235 e. The maximum absolute atomic E-state index is 5.85. The minimum absolute atomic E-state index is 0.261. The highest BCUT2D eigenvalue weighted by Crippen LogP contribution is 2.61. The Labute approximate surface area is 94.0 Å². The number of rotatable bonds is 3. The standard InChI is InChI=1S/C13H26N2/c1-9(14)8-15-13(4)11-6-5-10(7-11)12(13,2)3/h9-11,15H,5-8,14H2,1-4H3. The molecule has 0 aromatic carbocycles. The van der Waals surface area contributed by atoms with Crippen molar-refractivity contribution in [3.8, 4) is 0 Å². The van der Waals surface area contributed by atoms with E-state index in [1.165, 1.54) is 19.3 Å². The largest absolute Gasteiger partial charge is 0.327 e. The highest BCUT2D eigenvalue weighted by Gasteiger charge is 2.59. The van der Waals surface area contributed by atoms with Crippen LogP contribution in [0, 0.1) is 17.3 Å². The van der Waals surface area contributed by atoms with Gasteiger partial charge >= 0.3 is 0 Å². The minimum Gasteiger partial charge on any atom is -0.327 e. The van der Waals surface area contributed by atoms with Gasteiger partial charge in [0.25, 0.3) is 0 Å². The van der Waals surface area contributed by atoms with Crippen LogP contribution in [0.2, 0.25) is 0 Å². The van der Waals surface area contributed by atoms with E-state index in [2.05, 4.69) is 33.0 Å². The van der Waals surface area contributed by atoms with Gasteiger partial charge in [-0.1, -0.05) is 13.8 Å². The van der Waals surface area contributed by atoms with Crippen molar-refractivity contribution < 1.29 is 0 Å². The lowest BCUT2D eigenvalue weighted by molar-refractivity contribution is 0.0652. The van der Waals surface area contributed by atoms with Crippen LogP contribution in [0.4, 0.5) is 0 Å². The Hall–Kier alpha value is -0.0800. The summed E-state index contributed by atoms with van der Waals surface area (Å²) >= 11 is 0. The second-order valence-corrected chi connectivity index (χ2v) is 6.49. The monoisotopic (exact) mass is 210 g/mol. The fourth-order valence-corrected chi connectivity index (χ4v) is 3.86. The molecule has 0 aromatic heterocycles. The van der Waals surface area contributed by atoms with Crippen molar-refractivity contribution >= 4 is 0 Å². The third-order valence-corrected chi connectivity index (χ3v) is 5.40. The van der Waals surface area contributed by atoms with Gasteiger partial charge in [-0.3, -0.25) is 0 Å². The molecule has 2 fully saturated rings. The zero-order valence-electron chi connectivity index (χ0n) is 10.6. The van der Waals surface area contributed by atoms with Crippen molar-refractivity contribution in [2.45, 2.75) is 58.5 Å². The predicted octanol–water partition coefficient (Wildman–Crippen LogP) is 2.14. The summed E-state index contributed by atoms with van der Waals surface area (Å²) in [6.07, 6.45) is 4.28. The third-order valence-electron chi connectivity index (χ3n) is 5.40. The highest BCUT2D eigenvalue weighted by molar-refractivity contribution is 5.14. The minimum atomic E-state index is 0.261. The molecule has 2 nitrogen and oxygen atoms in total. The summed E-state index contributed by atoms with van der Waals surface area (Å²) in [6, 6.07) is 0.261. The fraction of sp³-hybridized carbons (Fsp3) is 1.00. The zero-order valence-corrected chi connectivity index (χ0v) is 10.6. The van der Waals surface area contributed by atoms with Crippen LogP contribution in [0.5, 0.6) is 0 Å². The Morgan fingerprint density at radius 3 is 2.33 bits per heavy atom. The average molecular weight is 210 g/mol. The summed E-state index contributed by atoms with van der Waals surface area (Å²) in [6.45, 7) is 10.3. The van der Waals surface area contributed by atoms with Crippen molar-refractivity contribution in [3.63, 3.8) is 0 Å². The molecule has 2 bridgehead atoms. The quantitative estimate of drug-likeness (QED) is 0.749. The molecule has 2 rings (SSSR count). The third kappa shape index (κ3) is 1.53. The van der Waals surface area contributed by atoms with Crippen LogP contribution in [0.15, 0.2) is 0 Å². The lowest BCUT2D eigenvalue weighted by Gasteiger charge is -2.48. The molecule has 0 aromatic rings. The Morgan fingerprint density at radius 2 is 1.87 bits per heavy atom. The first-order chi connectivity index (χ1) is 6.88. The van der Waals surface area contributed by atoms with Crippen molar-refractivity contribution in [1.82, 2.24) is 5.32 Å². The zero-order chi connectivity index (χ0) is 11.3. The van der Waals surface area contributed by atoms with Gasteiger partial charge in [0.15, 0.2) is 0 Å². The molecule has 4 atom stereocenters. The molecule has 88 valence electrons. The molecule has 0 radical (unpaired) electrons. The van der Waals surface area contributed by atoms with Crippen LogP contribution in [-0.2, 0) is 0 Å². The molecule has 15 heavy (non-hydrogen) atoms. The molecule has 0 heterocycles. The first-order valence-electron chi connectivity index (χ1n) is 6.38. The van der Waals surface area contributed by atoms with Gasteiger partial charge in [-0.2, -0.15) is 0 Å². The van der Waals surface area contributed by atoms with Crippen LogP contribution in [0.25, 0.3) is 0 Å². The SMILES string of the molecule is CC(N)CNC1(C)C2CCC(C2)C1(C)C. The lowest BCUT2D eigenvalue weighted by Crippen LogP contribution is -2.59. The molecule has 0 saturated heterocycles. The molecule has 4 unspecified atom stereocenters. The summed E-state index contributed by atoms with van der Waals surface area (Å²) < 4.78 is 0. The van der Waals surface area contributed by atoms with Crippen LogP contribution < -0.4 is 11.1 Å². The number of fused-ring (bicyclic) bond motifs is 2. The number of hydrogen-bond acceptors (Lipinski definition) is 2. The molecule has 0 spiro atoms. The topological polar surface area (TPSA) is 38.0 Å². The average Bonchev–Trinajstić information content (AvgIpc) is 2.67. The van der Waals surface area contributed by atoms with Gasteiger partial charge in [0.05, 0.1) is 0 Å². The van der Waals surface area contributed by atoms with Crippen LogP contribution >= 0.6 is 0 Å². The Kier molecular flexibility index (Phi) is 2.63. The Morgan fingerprint density at radius 1 is 1.27 bits per heavy atom. The first-order valence-corrected chi connectivity index (χ1v) is 6.38. The molecule has 2 heteroatoms. The molecule has 2 aliphatic rings. The van der Waals surface area contributed by atoms with Gasteiger partial charge in [-0.25, -0.2) is 0 Å². The molecule has 2 saturated carbocycles. The molecule has 0 aliphatic heterocycles. The number of hydrogen-bond donors (Lipinski definition) is 2. The summed E-state index contributed by atoms with van der Waals surface area (Å²) in [5.74, 6) is 1.80. The second-order valence-electron chi connectivity index (χ2n) is 6.49. The van der Waals surface area contributed by atoms with E-state index in [0.717, 1.165) is 18.4 Å². The fourth-order valence-electron chi connectivity index (χ4n) is 3.86. The van der Waals surface area contributed by atoms with Gasteiger partial charge in [-0.15, -0.1) is 0 Å². The van der Waals surface area contributed by atoms with E-state index in [4.69, 9.17) is 5.73 Å². The van der Waals surface area contributed by atoms with Gasteiger partial charge in [0, 0.05) is 18.1 Å². The van der Waals surface area contributed by atoms with Crippen LogP contribution in [-0.4, -0.2) is 18.1 Å².